The molecule has 2 aliphatic heterocycles. The lowest BCUT2D eigenvalue weighted by Crippen LogP contribution is -2.23. The number of rotatable bonds is 2. The molecule has 0 saturated carbocycles. The van der Waals surface area contributed by atoms with Gasteiger partial charge in [-0.25, -0.2) is 0 Å². The highest BCUT2D eigenvalue weighted by atomic mass is 16.3. The second-order valence-corrected chi connectivity index (χ2v) is 11.4. The van der Waals surface area contributed by atoms with Crippen LogP contribution in [0.15, 0.2) is 165 Å². The Labute approximate surface area is 251 Å². The van der Waals surface area contributed by atoms with Crippen molar-refractivity contribution in [2.45, 2.75) is 25.7 Å². The molecule has 3 aromatic rings. The Hall–Kier alpha value is -5.46. The number of furan rings is 1. The Morgan fingerprint density at radius 3 is 2.49 bits per heavy atom. The van der Waals surface area contributed by atoms with Gasteiger partial charge in [0.25, 0.3) is 0 Å². The predicted octanol–water partition coefficient (Wildman–Crippen LogP) is 9.75. The molecule has 0 unspecified atom stereocenters. The summed E-state index contributed by atoms with van der Waals surface area (Å²) in [7, 11) is 0. The molecule has 0 amide bonds. The number of anilines is 2. The molecule has 9 rings (SSSR count). The third kappa shape index (κ3) is 3.84. The molecular weight excluding hydrogens is 524 g/mol. The lowest BCUT2D eigenvalue weighted by molar-refractivity contribution is 0.564. The fourth-order valence-electron chi connectivity index (χ4n) is 6.87. The fourth-order valence-corrected chi connectivity index (χ4v) is 6.87. The van der Waals surface area contributed by atoms with E-state index in [4.69, 9.17) is 4.42 Å². The SMILES string of the molecule is C1=C2C=CC=CC=1N(c1ccc3oc4c(c3c1)C=C(N1C3=C=C(C=CC=C3)c3ccccc31)C=CC4)C1=C2CCCC=C1. The van der Waals surface area contributed by atoms with E-state index in [1.807, 2.05) is 0 Å². The van der Waals surface area contributed by atoms with E-state index in [2.05, 4.69) is 143 Å². The molecule has 0 atom stereocenters. The Bertz CT molecular complexity index is 2150. The Kier molecular flexibility index (Phi) is 5.36. The zero-order valence-corrected chi connectivity index (χ0v) is 23.7. The van der Waals surface area contributed by atoms with Gasteiger partial charge in [-0.1, -0.05) is 66.1 Å². The van der Waals surface area contributed by atoms with Crippen molar-refractivity contribution in [2.75, 3.05) is 9.80 Å². The lowest BCUT2D eigenvalue weighted by atomic mass is 9.96. The first-order valence-electron chi connectivity index (χ1n) is 15.1. The highest BCUT2D eigenvalue weighted by Gasteiger charge is 2.27. The van der Waals surface area contributed by atoms with Crippen LogP contribution in [0.25, 0.3) is 22.6 Å². The number of para-hydroxylation sites is 1. The van der Waals surface area contributed by atoms with Crippen molar-refractivity contribution < 1.29 is 4.42 Å². The van der Waals surface area contributed by atoms with Crippen LogP contribution in [0.1, 0.15) is 36.1 Å². The van der Waals surface area contributed by atoms with Gasteiger partial charge in [-0.2, -0.15) is 0 Å². The van der Waals surface area contributed by atoms with Crippen molar-refractivity contribution in [3.63, 3.8) is 0 Å². The van der Waals surface area contributed by atoms with Gasteiger partial charge in [0.1, 0.15) is 11.3 Å². The standard InChI is InChI=1S/C40H28N2O/c1-2-16-33-27-11-5-7-14-30(24-27)42(37(33)18-3-1)32-21-22-40-36(26-32)35-25-31(15-10-20-39(35)43-40)41-29-13-6-4-12-28(23-29)34-17-8-9-19-38(34)41/h3-15,17-19,21-22,25-26H,1-2,16,20H2. The number of hydrogen-bond donors (Lipinski definition) is 0. The van der Waals surface area contributed by atoms with Gasteiger partial charge in [0.2, 0.25) is 0 Å². The molecular formula is C40H28N2O. The summed E-state index contributed by atoms with van der Waals surface area (Å²) in [6.45, 7) is 0. The Morgan fingerprint density at radius 1 is 0.744 bits per heavy atom. The van der Waals surface area contributed by atoms with Crippen LogP contribution < -0.4 is 9.80 Å². The second-order valence-electron chi connectivity index (χ2n) is 11.4. The maximum atomic E-state index is 6.49. The van der Waals surface area contributed by atoms with Crippen LogP contribution in [-0.2, 0) is 6.42 Å². The van der Waals surface area contributed by atoms with E-state index < -0.39 is 0 Å². The van der Waals surface area contributed by atoms with E-state index in [0.29, 0.717) is 0 Å². The van der Waals surface area contributed by atoms with Gasteiger partial charge in [-0.05, 0) is 91.6 Å². The molecule has 0 N–H and O–H groups in total. The maximum Gasteiger partial charge on any atom is 0.135 e. The van der Waals surface area contributed by atoms with Gasteiger partial charge in [-0.15, -0.1) is 0 Å². The average molecular weight is 553 g/mol. The first-order chi connectivity index (χ1) is 21.3. The zero-order chi connectivity index (χ0) is 28.3. The molecule has 0 saturated heterocycles. The molecule has 6 aliphatic rings. The van der Waals surface area contributed by atoms with Crippen LogP contribution in [0, 0.1) is 0 Å². The van der Waals surface area contributed by atoms with Crippen molar-refractivity contribution in [1.29, 1.82) is 0 Å². The van der Waals surface area contributed by atoms with Crippen molar-refractivity contribution in [3.05, 3.63) is 178 Å². The molecule has 3 heterocycles. The van der Waals surface area contributed by atoms with Gasteiger partial charge < -0.3 is 14.2 Å². The molecule has 4 bridgehead atoms. The van der Waals surface area contributed by atoms with Crippen LogP contribution >= 0.6 is 0 Å². The van der Waals surface area contributed by atoms with Crippen LogP contribution in [0.5, 0.6) is 0 Å². The summed E-state index contributed by atoms with van der Waals surface area (Å²) in [5.74, 6) is 0.986. The molecule has 0 spiro atoms. The third-order valence-corrected chi connectivity index (χ3v) is 8.83. The largest absolute Gasteiger partial charge is 0.460 e. The summed E-state index contributed by atoms with van der Waals surface area (Å²) in [4.78, 5) is 4.68. The zero-order valence-electron chi connectivity index (χ0n) is 23.7. The summed E-state index contributed by atoms with van der Waals surface area (Å²) in [5, 5.41) is 1.12. The third-order valence-electron chi connectivity index (χ3n) is 8.83. The number of allylic oxidation sites excluding steroid dienone is 13. The monoisotopic (exact) mass is 552 g/mol. The molecule has 3 heteroatoms. The predicted molar refractivity (Wildman–Crippen MR) is 176 cm³/mol. The highest BCUT2D eigenvalue weighted by Crippen LogP contribution is 2.43. The molecule has 0 radical (unpaired) electrons. The fraction of sp³-hybridized carbons (Fsp3) is 0.100. The highest BCUT2D eigenvalue weighted by molar-refractivity contribution is 5.95. The van der Waals surface area contributed by atoms with Gasteiger partial charge >= 0.3 is 0 Å². The van der Waals surface area contributed by atoms with E-state index in [0.717, 1.165) is 82.0 Å². The first kappa shape index (κ1) is 24.2. The number of hydrogen-bond acceptors (Lipinski definition) is 3. The number of fused-ring (bicyclic) bond motifs is 6. The minimum atomic E-state index is 0.736. The minimum absolute atomic E-state index is 0.736. The van der Waals surface area contributed by atoms with Gasteiger partial charge in [-0.3, -0.25) is 0 Å². The Balaban J connectivity index is 1.21. The van der Waals surface area contributed by atoms with Crippen molar-refractivity contribution in [3.8, 4) is 0 Å². The summed E-state index contributed by atoms with van der Waals surface area (Å²) in [6, 6.07) is 15.2. The normalized spacial score (nSPS) is 19.4. The summed E-state index contributed by atoms with van der Waals surface area (Å²) >= 11 is 0. The van der Waals surface area contributed by atoms with Crippen molar-refractivity contribution in [1.82, 2.24) is 0 Å². The second kappa shape index (κ2) is 9.54. The summed E-state index contributed by atoms with van der Waals surface area (Å²) in [5.41, 5.74) is 21.0. The molecule has 204 valence electrons. The van der Waals surface area contributed by atoms with E-state index in [1.165, 1.54) is 22.4 Å². The first-order valence-corrected chi connectivity index (χ1v) is 15.1. The van der Waals surface area contributed by atoms with E-state index in [-0.39, 0.29) is 0 Å². The molecule has 2 aromatic carbocycles. The Morgan fingerprint density at radius 2 is 1.56 bits per heavy atom. The summed E-state index contributed by atoms with van der Waals surface area (Å²) in [6.07, 6.45) is 32.4. The molecule has 3 nitrogen and oxygen atoms in total. The molecule has 1 aromatic heterocycles. The smallest absolute Gasteiger partial charge is 0.135 e. The molecule has 4 aliphatic carbocycles. The van der Waals surface area contributed by atoms with Crippen LogP contribution in [-0.4, -0.2) is 0 Å². The van der Waals surface area contributed by atoms with Crippen LogP contribution in [0.2, 0.25) is 0 Å². The topological polar surface area (TPSA) is 19.6 Å². The quantitative estimate of drug-likeness (QED) is 0.295. The number of nitrogens with zero attached hydrogens (tertiary/aromatic N) is 2. The number of benzene rings is 2. The van der Waals surface area contributed by atoms with Crippen molar-refractivity contribution >= 4 is 34.0 Å². The molecule has 0 fully saturated rings. The van der Waals surface area contributed by atoms with E-state index in [1.54, 1.807) is 0 Å². The molecule has 43 heavy (non-hydrogen) atoms. The van der Waals surface area contributed by atoms with E-state index in [9.17, 15) is 0 Å². The van der Waals surface area contributed by atoms with Gasteiger partial charge in [0.05, 0.1) is 22.8 Å². The van der Waals surface area contributed by atoms with Crippen LogP contribution in [0.4, 0.5) is 11.4 Å². The van der Waals surface area contributed by atoms with E-state index >= 15 is 0 Å². The minimum Gasteiger partial charge on any atom is -0.460 e. The van der Waals surface area contributed by atoms with Gasteiger partial charge in [0.15, 0.2) is 0 Å². The van der Waals surface area contributed by atoms with Crippen molar-refractivity contribution in [2.24, 2.45) is 0 Å². The van der Waals surface area contributed by atoms with Crippen LogP contribution in [0.3, 0.4) is 0 Å². The average Bonchev–Trinajstić information content (AvgIpc) is 3.40. The maximum absolute atomic E-state index is 6.49. The summed E-state index contributed by atoms with van der Waals surface area (Å²) < 4.78 is 6.49. The van der Waals surface area contributed by atoms with Gasteiger partial charge in [0, 0.05) is 45.5 Å². The lowest BCUT2D eigenvalue weighted by Gasteiger charge is -2.31.